The molecule has 9 rings (SSSR count). The number of aromatic nitrogens is 5. The zero-order valence-corrected chi connectivity index (χ0v) is 39.5. The highest BCUT2D eigenvalue weighted by Crippen LogP contribution is 2.39. The smallest absolute Gasteiger partial charge is 0.311 e. The molecule has 0 aliphatic carbocycles. The van der Waals surface area contributed by atoms with Gasteiger partial charge in [0.1, 0.15) is 17.8 Å². The van der Waals surface area contributed by atoms with Crippen molar-refractivity contribution in [2.24, 2.45) is 5.41 Å². The SMILES string of the molecule is Cc1ncsc1-c1ccc(CNC(=O)[C@@H]2C[C@@H](O)CN2C(=O)[C@@H](NC(=O)C(=O)N2CCC(c3cnc(N4C5CCC4CN(c4cc(-c6ccccc6O)nnc4N)C5)nc3)CC2)C(C)(C)C)cc1. The zero-order chi connectivity index (χ0) is 47.9. The lowest BCUT2D eigenvalue weighted by Crippen LogP contribution is -2.59. The highest BCUT2D eigenvalue weighted by Gasteiger charge is 2.46. The Balaban J connectivity index is 0.775. The summed E-state index contributed by atoms with van der Waals surface area (Å²) in [4.78, 5) is 77.5. The van der Waals surface area contributed by atoms with E-state index in [1.165, 1.54) is 9.80 Å². The third kappa shape index (κ3) is 9.54. The largest absolute Gasteiger partial charge is 0.507 e. The summed E-state index contributed by atoms with van der Waals surface area (Å²) in [6, 6.07) is 15.0. The van der Waals surface area contributed by atoms with Crippen LogP contribution in [-0.4, -0.2) is 132 Å². The molecule has 4 fully saturated rings. The molecule has 2 bridgehead atoms. The highest BCUT2D eigenvalue weighted by molar-refractivity contribution is 7.13. The van der Waals surface area contributed by atoms with E-state index in [0.29, 0.717) is 62.0 Å². The molecule has 3 aromatic heterocycles. The molecule has 4 amide bonds. The predicted molar refractivity (Wildman–Crippen MR) is 257 cm³/mol. The summed E-state index contributed by atoms with van der Waals surface area (Å²) >= 11 is 1.56. The number of aryl methyl sites for hydroxylation is 1. The van der Waals surface area contributed by atoms with E-state index in [-0.39, 0.29) is 43.3 Å². The summed E-state index contributed by atoms with van der Waals surface area (Å²) in [6.07, 6.45) is 6.04. The minimum Gasteiger partial charge on any atom is -0.507 e. The van der Waals surface area contributed by atoms with Gasteiger partial charge in [-0.2, -0.15) is 0 Å². The molecule has 7 heterocycles. The molecule has 2 aromatic carbocycles. The molecule has 2 unspecified atom stereocenters. The number of nitrogen functional groups attached to an aromatic ring is 1. The van der Waals surface area contributed by atoms with Crippen molar-refractivity contribution in [3.05, 3.63) is 89.3 Å². The predicted octanol–water partition coefficient (Wildman–Crippen LogP) is 4.03. The van der Waals surface area contributed by atoms with Crippen molar-refractivity contribution in [1.29, 1.82) is 0 Å². The summed E-state index contributed by atoms with van der Waals surface area (Å²) in [5.74, 6) is -1.34. The number of amides is 4. The van der Waals surface area contributed by atoms with Crippen LogP contribution in [0.2, 0.25) is 0 Å². The number of likely N-dealkylation sites (tertiary alicyclic amines) is 2. The Bertz CT molecular complexity index is 2650. The first-order chi connectivity index (χ1) is 32.6. The number of aromatic hydroxyl groups is 1. The highest BCUT2D eigenvalue weighted by atomic mass is 32.1. The first kappa shape index (κ1) is 46.4. The average Bonchev–Trinajstić information content (AvgIpc) is 4.03. The van der Waals surface area contributed by atoms with Crippen LogP contribution in [0.25, 0.3) is 21.7 Å². The Morgan fingerprint density at radius 1 is 0.912 bits per heavy atom. The summed E-state index contributed by atoms with van der Waals surface area (Å²) in [6.45, 7) is 9.55. The Morgan fingerprint density at radius 2 is 1.60 bits per heavy atom. The van der Waals surface area contributed by atoms with Crippen molar-refractivity contribution >= 4 is 52.4 Å². The lowest BCUT2D eigenvalue weighted by molar-refractivity contribution is -0.150. The maximum absolute atomic E-state index is 14.2. The normalized spacial score (nSPS) is 21.2. The minimum absolute atomic E-state index is 0.0526. The Kier molecular flexibility index (Phi) is 13.0. The number of hydrogen-bond donors (Lipinski definition) is 5. The van der Waals surface area contributed by atoms with Crippen molar-refractivity contribution < 1.29 is 29.4 Å². The molecule has 0 spiro atoms. The number of para-hydroxylation sites is 1. The monoisotopic (exact) mass is 942 g/mol. The second-order valence-electron chi connectivity index (χ2n) is 19.4. The number of piperazine rings is 1. The van der Waals surface area contributed by atoms with Gasteiger partial charge in [0.05, 0.1) is 33.6 Å². The molecule has 0 radical (unpaired) electrons. The number of carbonyl (C=O) groups excluding carboxylic acids is 4. The third-order valence-electron chi connectivity index (χ3n) is 13.8. The molecule has 4 saturated heterocycles. The number of β-amino-alcohol motifs (C(OH)–C–C–N with tert-alkyl or cyclic N) is 1. The van der Waals surface area contributed by atoms with Gasteiger partial charge in [-0.25, -0.2) is 15.0 Å². The molecule has 19 heteroatoms. The number of phenols is 1. The molecular formula is C49H58N12O6S. The van der Waals surface area contributed by atoms with Crippen LogP contribution in [-0.2, 0) is 25.7 Å². The van der Waals surface area contributed by atoms with Crippen LogP contribution in [0.1, 0.15) is 75.6 Å². The first-order valence-electron chi connectivity index (χ1n) is 23.2. The van der Waals surface area contributed by atoms with Crippen molar-refractivity contribution in [2.45, 2.75) is 103 Å². The van der Waals surface area contributed by atoms with Gasteiger partial charge < -0.3 is 46.2 Å². The number of benzene rings is 2. The molecule has 18 nitrogen and oxygen atoms in total. The molecule has 356 valence electrons. The van der Waals surface area contributed by atoms with Crippen LogP contribution in [0.5, 0.6) is 5.75 Å². The fraction of sp³-hybridized carbons (Fsp3) is 0.449. The van der Waals surface area contributed by atoms with E-state index in [1.807, 2.05) is 55.7 Å². The lowest BCUT2D eigenvalue weighted by atomic mass is 9.85. The number of piperidine rings is 1. The summed E-state index contributed by atoms with van der Waals surface area (Å²) in [7, 11) is 0. The fourth-order valence-corrected chi connectivity index (χ4v) is 10.9. The van der Waals surface area contributed by atoms with Crippen LogP contribution in [0.3, 0.4) is 0 Å². The van der Waals surface area contributed by atoms with E-state index in [2.05, 4.69) is 35.6 Å². The minimum atomic E-state index is -1.14. The van der Waals surface area contributed by atoms with E-state index in [0.717, 1.165) is 45.8 Å². The Morgan fingerprint density at radius 3 is 2.25 bits per heavy atom. The van der Waals surface area contributed by atoms with Crippen LogP contribution in [0, 0.1) is 12.3 Å². The van der Waals surface area contributed by atoms with Crippen molar-refractivity contribution in [3.63, 3.8) is 0 Å². The number of fused-ring (bicyclic) bond motifs is 2. The van der Waals surface area contributed by atoms with Crippen LogP contribution < -0.4 is 26.2 Å². The van der Waals surface area contributed by atoms with E-state index < -0.39 is 47.2 Å². The molecule has 6 N–H and O–H groups in total. The van der Waals surface area contributed by atoms with Gasteiger partial charge >= 0.3 is 11.8 Å². The van der Waals surface area contributed by atoms with Crippen molar-refractivity contribution in [1.82, 2.24) is 45.6 Å². The van der Waals surface area contributed by atoms with E-state index in [4.69, 9.17) is 15.7 Å². The second-order valence-corrected chi connectivity index (χ2v) is 20.3. The van der Waals surface area contributed by atoms with Crippen LogP contribution in [0.4, 0.5) is 17.5 Å². The molecule has 4 aliphatic rings. The molecule has 4 aliphatic heterocycles. The van der Waals surface area contributed by atoms with Gasteiger partial charge in [0.2, 0.25) is 17.8 Å². The molecule has 5 atom stereocenters. The number of hydrogen-bond acceptors (Lipinski definition) is 15. The standard InChI is InChI=1S/C49H58N12O6S/c1-28-41(68-27-54-28)31-11-9-29(10-12-31)21-51-44(64)39-19-35(62)26-60(39)46(66)42(49(2,3)4)55-45(65)47(67)58-17-15-30(16-18-58)32-22-52-48(53-23-32)61-33-13-14-34(61)25-59(24-33)38-20-37(56-57-43(38)50)36-7-5-6-8-40(36)63/h5-12,20,22-23,27,30,33-35,39,42,62-63H,13-19,21,24-26H2,1-4H3,(H2,50,57)(H,51,64)(H,55,65)/t33?,34?,35-,39+,42-/m1/s1. The van der Waals surface area contributed by atoms with E-state index >= 15 is 0 Å². The fourth-order valence-electron chi connectivity index (χ4n) is 10.1. The number of phenolic OH excluding ortho intramolecular Hbond substituents is 1. The van der Waals surface area contributed by atoms with Gasteiger partial charge in [0, 0.05) is 75.7 Å². The van der Waals surface area contributed by atoms with Gasteiger partial charge in [-0.1, -0.05) is 57.2 Å². The van der Waals surface area contributed by atoms with Gasteiger partial charge in [-0.3, -0.25) is 19.2 Å². The topological polar surface area (TPSA) is 236 Å². The van der Waals surface area contributed by atoms with Crippen LogP contribution in [0.15, 0.2) is 72.5 Å². The van der Waals surface area contributed by atoms with Gasteiger partial charge in [-0.15, -0.1) is 21.5 Å². The number of thiazole rings is 1. The van der Waals surface area contributed by atoms with Gasteiger partial charge in [-0.05, 0) is 78.8 Å². The summed E-state index contributed by atoms with van der Waals surface area (Å²) < 4.78 is 0. The number of nitrogens with one attached hydrogen (secondary N) is 2. The number of nitrogens with two attached hydrogens (primary N) is 1. The van der Waals surface area contributed by atoms with Crippen LogP contribution >= 0.6 is 11.3 Å². The zero-order valence-electron chi connectivity index (χ0n) is 38.7. The molecule has 0 saturated carbocycles. The average molecular weight is 943 g/mol. The summed E-state index contributed by atoms with van der Waals surface area (Å²) in [5, 5.41) is 35.2. The number of aliphatic hydroxyl groups excluding tert-OH is 1. The van der Waals surface area contributed by atoms with E-state index in [1.54, 1.807) is 55.8 Å². The Hall–Kier alpha value is -6.73. The number of anilines is 3. The van der Waals surface area contributed by atoms with Gasteiger partial charge in [0.15, 0.2) is 5.82 Å². The van der Waals surface area contributed by atoms with E-state index in [9.17, 15) is 29.4 Å². The summed E-state index contributed by atoms with van der Waals surface area (Å²) in [5.41, 5.74) is 13.1. The maximum Gasteiger partial charge on any atom is 0.311 e. The number of carbonyl (C=O) groups is 4. The van der Waals surface area contributed by atoms with Crippen molar-refractivity contribution in [3.8, 4) is 27.4 Å². The maximum atomic E-state index is 14.2. The number of aliphatic hydroxyl groups is 1. The number of rotatable bonds is 10. The van der Waals surface area contributed by atoms with Crippen molar-refractivity contribution in [2.75, 3.05) is 48.3 Å². The van der Waals surface area contributed by atoms with Gasteiger partial charge in [0.25, 0.3) is 0 Å². The first-order valence-corrected chi connectivity index (χ1v) is 24.1. The Labute approximate surface area is 399 Å². The molecular weight excluding hydrogens is 885 g/mol. The molecule has 5 aromatic rings. The second kappa shape index (κ2) is 19.1. The number of nitrogens with zero attached hydrogens (tertiary/aromatic N) is 9. The molecule has 68 heavy (non-hydrogen) atoms. The lowest BCUT2D eigenvalue weighted by Gasteiger charge is -2.42. The third-order valence-corrected chi connectivity index (χ3v) is 14.8. The quantitative estimate of drug-likeness (QED) is 0.125.